The minimum absolute atomic E-state index is 0.0277. The summed E-state index contributed by atoms with van der Waals surface area (Å²) in [5.41, 5.74) is 0.0277. The standard InChI is InChI=1S/C14H22N2O3S/c1-3-5-12(15-10-4-2)11-20(19)14-8-6-13(7-9-14)16(17)18/h6-9,12,15H,3-5,10-11H2,1-2H3. The van der Waals surface area contributed by atoms with E-state index in [4.69, 9.17) is 0 Å². The molecule has 0 aliphatic rings. The van der Waals surface area contributed by atoms with Gasteiger partial charge in [-0.15, -0.1) is 0 Å². The average Bonchev–Trinajstić information content (AvgIpc) is 2.45. The Morgan fingerprint density at radius 2 is 1.90 bits per heavy atom. The van der Waals surface area contributed by atoms with Gasteiger partial charge in [-0.05, 0) is 31.5 Å². The third-order valence-electron chi connectivity index (χ3n) is 2.98. The van der Waals surface area contributed by atoms with Crippen molar-refractivity contribution in [1.29, 1.82) is 0 Å². The first kappa shape index (κ1) is 16.8. The molecule has 112 valence electrons. The van der Waals surface area contributed by atoms with Crippen LogP contribution in [0.5, 0.6) is 0 Å². The third-order valence-corrected chi connectivity index (χ3v) is 4.49. The molecule has 0 aliphatic heterocycles. The van der Waals surface area contributed by atoms with Crippen LogP contribution in [0.25, 0.3) is 0 Å². The van der Waals surface area contributed by atoms with E-state index in [0.717, 1.165) is 25.8 Å². The number of nitrogens with one attached hydrogen (secondary N) is 1. The molecule has 5 nitrogen and oxygen atoms in total. The predicted octanol–water partition coefficient (Wildman–Crippen LogP) is 2.87. The molecule has 0 bridgehead atoms. The Morgan fingerprint density at radius 3 is 2.40 bits per heavy atom. The lowest BCUT2D eigenvalue weighted by atomic mass is 10.2. The third kappa shape index (κ3) is 5.38. The highest BCUT2D eigenvalue weighted by molar-refractivity contribution is 7.85. The number of rotatable bonds is 9. The van der Waals surface area contributed by atoms with Gasteiger partial charge in [0.25, 0.3) is 5.69 Å². The molecule has 2 atom stereocenters. The van der Waals surface area contributed by atoms with Gasteiger partial charge < -0.3 is 5.32 Å². The van der Waals surface area contributed by atoms with Crippen molar-refractivity contribution in [3.63, 3.8) is 0 Å². The second kappa shape index (κ2) is 8.81. The van der Waals surface area contributed by atoms with Crippen molar-refractivity contribution >= 4 is 16.5 Å². The van der Waals surface area contributed by atoms with E-state index >= 15 is 0 Å². The number of nitro benzene ring substituents is 1. The first-order valence-electron chi connectivity index (χ1n) is 6.94. The first-order valence-corrected chi connectivity index (χ1v) is 8.26. The van der Waals surface area contributed by atoms with Gasteiger partial charge in [-0.2, -0.15) is 0 Å². The fourth-order valence-corrected chi connectivity index (χ4v) is 3.22. The summed E-state index contributed by atoms with van der Waals surface area (Å²) in [6.45, 7) is 5.13. The number of hydrogen-bond acceptors (Lipinski definition) is 4. The largest absolute Gasteiger partial charge is 0.313 e. The van der Waals surface area contributed by atoms with Crippen LogP contribution in [0.3, 0.4) is 0 Å². The lowest BCUT2D eigenvalue weighted by Gasteiger charge is -2.17. The molecule has 2 unspecified atom stereocenters. The van der Waals surface area contributed by atoms with E-state index in [9.17, 15) is 14.3 Å². The Kier molecular flexibility index (Phi) is 7.40. The molecule has 20 heavy (non-hydrogen) atoms. The molecule has 0 amide bonds. The molecule has 0 saturated carbocycles. The zero-order valence-corrected chi connectivity index (χ0v) is 12.8. The maximum Gasteiger partial charge on any atom is 0.269 e. The van der Waals surface area contributed by atoms with Gasteiger partial charge in [-0.3, -0.25) is 14.3 Å². The molecule has 0 aliphatic carbocycles. The Labute approximate surface area is 122 Å². The average molecular weight is 298 g/mol. The second-order valence-corrected chi connectivity index (χ2v) is 6.20. The summed E-state index contributed by atoms with van der Waals surface area (Å²) in [5, 5.41) is 14.0. The van der Waals surface area contributed by atoms with Gasteiger partial charge in [-0.1, -0.05) is 20.3 Å². The highest BCUT2D eigenvalue weighted by Gasteiger charge is 2.14. The minimum Gasteiger partial charge on any atom is -0.313 e. The fourth-order valence-electron chi connectivity index (χ4n) is 1.94. The van der Waals surface area contributed by atoms with E-state index in [0.29, 0.717) is 10.6 Å². The number of nitro groups is 1. The molecule has 6 heteroatoms. The van der Waals surface area contributed by atoms with Crippen LogP contribution >= 0.6 is 0 Å². The van der Waals surface area contributed by atoms with Crippen LogP contribution in [-0.4, -0.2) is 27.5 Å². The summed E-state index contributed by atoms with van der Waals surface area (Å²) in [4.78, 5) is 10.8. The zero-order valence-electron chi connectivity index (χ0n) is 12.0. The monoisotopic (exact) mass is 298 g/mol. The Hall–Kier alpha value is -1.27. The maximum atomic E-state index is 12.3. The van der Waals surface area contributed by atoms with Crippen LogP contribution in [0.15, 0.2) is 29.2 Å². The highest BCUT2D eigenvalue weighted by Crippen LogP contribution is 2.15. The van der Waals surface area contributed by atoms with Gasteiger partial charge in [-0.25, -0.2) is 0 Å². The van der Waals surface area contributed by atoms with Crippen LogP contribution in [0.4, 0.5) is 5.69 Å². The van der Waals surface area contributed by atoms with Gasteiger partial charge in [0.15, 0.2) is 0 Å². The van der Waals surface area contributed by atoms with E-state index in [1.165, 1.54) is 12.1 Å². The van der Waals surface area contributed by atoms with Crippen LogP contribution in [-0.2, 0) is 10.8 Å². The lowest BCUT2D eigenvalue weighted by molar-refractivity contribution is -0.384. The SMILES string of the molecule is CCCNC(CCC)CS(=O)c1ccc([N+](=O)[O-])cc1. The summed E-state index contributed by atoms with van der Waals surface area (Å²) < 4.78 is 12.3. The molecule has 0 radical (unpaired) electrons. The molecule has 0 aromatic heterocycles. The van der Waals surface area contributed by atoms with Crippen LogP contribution in [0.1, 0.15) is 33.1 Å². The van der Waals surface area contributed by atoms with Gasteiger partial charge in [0.05, 0.1) is 15.7 Å². The van der Waals surface area contributed by atoms with Gasteiger partial charge in [0.1, 0.15) is 0 Å². The summed E-state index contributed by atoms with van der Waals surface area (Å²) >= 11 is 0. The molecule has 0 heterocycles. The van der Waals surface area contributed by atoms with Crippen LogP contribution < -0.4 is 5.32 Å². The summed E-state index contributed by atoms with van der Waals surface area (Å²) in [5.74, 6) is 0.547. The Balaban J connectivity index is 2.65. The highest BCUT2D eigenvalue weighted by atomic mass is 32.2. The first-order chi connectivity index (χ1) is 9.58. The van der Waals surface area contributed by atoms with Crippen molar-refractivity contribution in [2.45, 2.75) is 44.0 Å². The molecular weight excluding hydrogens is 276 g/mol. The van der Waals surface area contributed by atoms with Crippen molar-refractivity contribution in [2.75, 3.05) is 12.3 Å². The number of nitrogens with zero attached hydrogens (tertiary/aromatic N) is 1. The Morgan fingerprint density at radius 1 is 1.25 bits per heavy atom. The Bertz CT molecular complexity index is 448. The normalized spacial score (nSPS) is 13.9. The molecule has 1 aromatic carbocycles. The van der Waals surface area contributed by atoms with E-state index in [-0.39, 0.29) is 11.7 Å². The smallest absolute Gasteiger partial charge is 0.269 e. The molecule has 0 saturated heterocycles. The summed E-state index contributed by atoms with van der Waals surface area (Å²) in [6, 6.07) is 6.20. The summed E-state index contributed by atoms with van der Waals surface area (Å²) in [7, 11) is -1.13. The quantitative estimate of drug-likeness (QED) is 0.562. The number of hydrogen-bond donors (Lipinski definition) is 1. The van der Waals surface area contributed by atoms with Gasteiger partial charge >= 0.3 is 0 Å². The van der Waals surface area contributed by atoms with E-state index < -0.39 is 15.7 Å². The van der Waals surface area contributed by atoms with Crippen LogP contribution in [0, 0.1) is 10.1 Å². The van der Waals surface area contributed by atoms with E-state index in [1.807, 2.05) is 0 Å². The minimum atomic E-state index is -1.13. The molecule has 1 N–H and O–H groups in total. The number of benzene rings is 1. The molecule has 1 aromatic rings. The predicted molar refractivity (Wildman–Crippen MR) is 81.4 cm³/mol. The van der Waals surface area contributed by atoms with Crippen molar-refractivity contribution in [1.82, 2.24) is 5.32 Å². The fraction of sp³-hybridized carbons (Fsp3) is 0.571. The van der Waals surface area contributed by atoms with Crippen molar-refractivity contribution in [2.24, 2.45) is 0 Å². The number of non-ortho nitro benzene ring substituents is 1. The summed E-state index contributed by atoms with van der Waals surface area (Å²) in [6.07, 6.45) is 3.07. The van der Waals surface area contributed by atoms with Crippen molar-refractivity contribution in [3.05, 3.63) is 34.4 Å². The lowest BCUT2D eigenvalue weighted by Crippen LogP contribution is -2.34. The van der Waals surface area contributed by atoms with Crippen LogP contribution in [0.2, 0.25) is 0 Å². The molecule has 0 fully saturated rings. The van der Waals surface area contributed by atoms with Gasteiger partial charge in [0.2, 0.25) is 0 Å². The van der Waals surface area contributed by atoms with Crippen molar-refractivity contribution in [3.8, 4) is 0 Å². The van der Waals surface area contributed by atoms with Gasteiger partial charge in [0, 0.05) is 28.8 Å². The molecule has 1 rings (SSSR count). The van der Waals surface area contributed by atoms with Crippen molar-refractivity contribution < 1.29 is 9.13 Å². The topological polar surface area (TPSA) is 72.2 Å². The second-order valence-electron chi connectivity index (χ2n) is 4.70. The van der Waals surface area contributed by atoms with E-state index in [1.54, 1.807) is 12.1 Å². The van der Waals surface area contributed by atoms with E-state index in [2.05, 4.69) is 19.2 Å². The molecular formula is C14H22N2O3S. The molecule has 0 spiro atoms. The zero-order chi connectivity index (χ0) is 15.0. The maximum absolute atomic E-state index is 12.3.